The smallest absolute Gasteiger partial charge is 0.122 e. The average Bonchev–Trinajstić information content (AvgIpc) is 3.72. The van der Waals surface area contributed by atoms with Crippen LogP contribution in [-0.2, 0) is 9.47 Å². The molecule has 3 heterocycles. The summed E-state index contributed by atoms with van der Waals surface area (Å²) >= 11 is 0. The lowest BCUT2D eigenvalue weighted by molar-refractivity contribution is 0.261. The molecular weight excluding hydrogens is 428 g/mol. The summed E-state index contributed by atoms with van der Waals surface area (Å²) < 4.78 is 22.5. The first-order valence-corrected chi connectivity index (χ1v) is 12.6. The fourth-order valence-corrected chi connectivity index (χ4v) is 5.22. The molecule has 5 rings (SSSR count). The molecule has 0 N–H and O–H groups in total. The van der Waals surface area contributed by atoms with Gasteiger partial charge in [0.05, 0.1) is 13.2 Å². The molecule has 0 radical (unpaired) electrons. The van der Waals surface area contributed by atoms with Crippen LogP contribution in [0, 0.1) is 13.8 Å². The molecule has 0 spiro atoms. The Labute approximate surface area is 203 Å². The number of aryl methyl sites for hydroxylation is 2. The summed E-state index contributed by atoms with van der Waals surface area (Å²) in [5, 5.41) is 0. The standard InChI is InChI=1S/C28H38N2O4/c1-17-11-23(7-9-27(17)33-15-25-13-31-25)29-19(3)21(5)30(22(6)20(29)4)24-8-10-28(18(2)12-24)34-16-26-14-32-26/h7-12,19-22,25-26H,13-16H2,1-6H3. The largest absolute Gasteiger partial charge is 0.491 e. The molecule has 2 aromatic rings. The van der Waals surface area contributed by atoms with Gasteiger partial charge in [0.15, 0.2) is 0 Å². The van der Waals surface area contributed by atoms with E-state index in [1.165, 1.54) is 22.5 Å². The van der Waals surface area contributed by atoms with Gasteiger partial charge in [-0.25, -0.2) is 0 Å². The van der Waals surface area contributed by atoms with Gasteiger partial charge in [0.2, 0.25) is 0 Å². The molecule has 0 amide bonds. The highest BCUT2D eigenvalue weighted by molar-refractivity contribution is 5.60. The molecule has 34 heavy (non-hydrogen) atoms. The minimum absolute atomic E-state index is 0.269. The van der Waals surface area contributed by atoms with Crippen molar-refractivity contribution in [2.75, 3.05) is 36.2 Å². The van der Waals surface area contributed by atoms with Crippen molar-refractivity contribution in [1.82, 2.24) is 0 Å². The molecule has 0 aromatic heterocycles. The normalized spacial score (nSPS) is 30.3. The summed E-state index contributed by atoms with van der Waals surface area (Å²) in [4.78, 5) is 5.15. The van der Waals surface area contributed by atoms with Crippen LogP contribution >= 0.6 is 0 Å². The van der Waals surface area contributed by atoms with Crippen LogP contribution in [0.5, 0.6) is 11.5 Å². The minimum Gasteiger partial charge on any atom is -0.491 e. The summed E-state index contributed by atoms with van der Waals surface area (Å²) in [6.45, 7) is 16.5. The van der Waals surface area contributed by atoms with Gasteiger partial charge in [-0.2, -0.15) is 0 Å². The van der Waals surface area contributed by atoms with Crippen molar-refractivity contribution in [3.05, 3.63) is 47.5 Å². The molecule has 6 atom stereocenters. The summed E-state index contributed by atoms with van der Waals surface area (Å²) in [5.74, 6) is 1.90. The van der Waals surface area contributed by atoms with E-state index in [-0.39, 0.29) is 12.2 Å². The molecule has 3 aliphatic rings. The molecule has 6 unspecified atom stereocenters. The third-order valence-electron chi connectivity index (χ3n) is 7.72. The lowest BCUT2D eigenvalue weighted by atomic mass is 9.92. The Balaban J connectivity index is 1.33. The van der Waals surface area contributed by atoms with Gasteiger partial charge in [-0.15, -0.1) is 0 Å². The zero-order valence-electron chi connectivity index (χ0n) is 21.3. The highest BCUT2D eigenvalue weighted by Crippen LogP contribution is 2.37. The van der Waals surface area contributed by atoms with E-state index in [9.17, 15) is 0 Å². The van der Waals surface area contributed by atoms with Crippen LogP contribution in [0.4, 0.5) is 11.4 Å². The maximum atomic E-state index is 5.96. The van der Waals surface area contributed by atoms with E-state index < -0.39 is 0 Å². The van der Waals surface area contributed by atoms with Crippen molar-refractivity contribution in [2.24, 2.45) is 0 Å². The summed E-state index contributed by atoms with van der Waals surface area (Å²) in [6, 6.07) is 14.6. The molecule has 3 aliphatic heterocycles. The van der Waals surface area contributed by atoms with Gasteiger partial charge in [0.25, 0.3) is 0 Å². The average molecular weight is 467 g/mol. The first-order chi connectivity index (χ1) is 16.3. The van der Waals surface area contributed by atoms with Gasteiger partial charge in [-0.05, 0) is 89.1 Å². The number of hydrogen-bond acceptors (Lipinski definition) is 6. The summed E-state index contributed by atoms with van der Waals surface area (Å²) in [5.41, 5.74) is 4.85. The Morgan fingerprint density at radius 1 is 0.676 bits per heavy atom. The van der Waals surface area contributed by atoms with Crippen LogP contribution in [0.1, 0.15) is 38.8 Å². The fourth-order valence-electron chi connectivity index (χ4n) is 5.22. The van der Waals surface area contributed by atoms with Crippen molar-refractivity contribution in [1.29, 1.82) is 0 Å². The van der Waals surface area contributed by atoms with Crippen LogP contribution in [0.3, 0.4) is 0 Å². The number of piperazine rings is 1. The van der Waals surface area contributed by atoms with Crippen LogP contribution in [-0.4, -0.2) is 62.8 Å². The molecule has 3 fully saturated rings. The number of anilines is 2. The van der Waals surface area contributed by atoms with E-state index in [1.54, 1.807) is 0 Å². The number of hydrogen-bond donors (Lipinski definition) is 0. The van der Waals surface area contributed by atoms with Gasteiger partial charge in [-0.1, -0.05) is 0 Å². The first-order valence-electron chi connectivity index (χ1n) is 12.6. The van der Waals surface area contributed by atoms with Crippen molar-refractivity contribution >= 4 is 11.4 Å². The topological polar surface area (TPSA) is 50.0 Å². The van der Waals surface area contributed by atoms with E-state index in [0.29, 0.717) is 37.4 Å². The third kappa shape index (κ3) is 4.71. The molecule has 6 nitrogen and oxygen atoms in total. The second-order valence-corrected chi connectivity index (χ2v) is 10.2. The predicted molar refractivity (Wildman–Crippen MR) is 136 cm³/mol. The monoisotopic (exact) mass is 466 g/mol. The molecule has 0 aliphatic carbocycles. The molecular formula is C28H38N2O4. The van der Waals surface area contributed by atoms with Crippen LogP contribution in [0.15, 0.2) is 36.4 Å². The van der Waals surface area contributed by atoms with Crippen molar-refractivity contribution in [3.63, 3.8) is 0 Å². The number of nitrogens with zero attached hydrogens (tertiary/aromatic N) is 2. The first kappa shape index (κ1) is 23.3. The predicted octanol–water partition coefficient (Wildman–Crippen LogP) is 4.74. The van der Waals surface area contributed by atoms with Crippen LogP contribution in [0.2, 0.25) is 0 Å². The molecule has 0 bridgehead atoms. The van der Waals surface area contributed by atoms with Crippen molar-refractivity contribution in [3.8, 4) is 11.5 Å². The lowest BCUT2D eigenvalue weighted by Crippen LogP contribution is -2.66. The minimum atomic E-state index is 0.269. The van der Waals surface area contributed by atoms with Crippen LogP contribution in [0.25, 0.3) is 0 Å². The SMILES string of the molecule is Cc1cc(N2C(C)C(C)N(c3ccc(OCC4CO4)c(C)c3)C(C)C2C)ccc1OCC1CO1. The molecule has 6 heteroatoms. The Morgan fingerprint density at radius 2 is 1.03 bits per heavy atom. The number of rotatable bonds is 8. The third-order valence-corrected chi connectivity index (χ3v) is 7.72. The zero-order valence-corrected chi connectivity index (χ0v) is 21.3. The summed E-state index contributed by atoms with van der Waals surface area (Å²) in [6.07, 6.45) is 0.538. The quantitative estimate of drug-likeness (QED) is 0.524. The van der Waals surface area contributed by atoms with E-state index >= 15 is 0 Å². The van der Waals surface area contributed by atoms with Gasteiger partial charge in [-0.3, -0.25) is 0 Å². The zero-order chi connectivity index (χ0) is 24.0. The number of ether oxygens (including phenoxy) is 4. The van der Waals surface area contributed by atoms with Gasteiger partial charge in [0, 0.05) is 35.5 Å². The molecule has 2 aromatic carbocycles. The van der Waals surface area contributed by atoms with Crippen molar-refractivity contribution in [2.45, 2.75) is 77.9 Å². The highest BCUT2D eigenvalue weighted by atomic mass is 16.6. The van der Waals surface area contributed by atoms with Gasteiger partial charge >= 0.3 is 0 Å². The Hall–Kier alpha value is -2.44. The Bertz CT molecular complexity index is 922. The Morgan fingerprint density at radius 3 is 1.32 bits per heavy atom. The van der Waals surface area contributed by atoms with Gasteiger partial charge < -0.3 is 28.7 Å². The molecule has 0 saturated carbocycles. The Kier molecular flexibility index (Phi) is 6.38. The van der Waals surface area contributed by atoms with E-state index in [0.717, 1.165) is 24.7 Å². The summed E-state index contributed by atoms with van der Waals surface area (Å²) in [7, 11) is 0. The second kappa shape index (κ2) is 9.31. The highest BCUT2D eigenvalue weighted by Gasteiger charge is 2.40. The fraction of sp³-hybridized carbons (Fsp3) is 0.571. The van der Waals surface area contributed by atoms with Crippen LogP contribution < -0.4 is 19.3 Å². The number of epoxide rings is 2. The van der Waals surface area contributed by atoms with Crippen molar-refractivity contribution < 1.29 is 18.9 Å². The molecule has 184 valence electrons. The molecule has 3 saturated heterocycles. The van der Waals surface area contributed by atoms with E-state index in [2.05, 4.69) is 87.7 Å². The second-order valence-electron chi connectivity index (χ2n) is 10.2. The maximum Gasteiger partial charge on any atom is 0.122 e. The maximum absolute atomic E-state index is 5.96. The lowest BCUT2D eigenvalue weighted by Gasteiger charge is -2.55. The number of benzene rings is 2. The van der Waals surface area contributed by atoms with Gasteiger partial charge in [0.1, 0.15) is 36.9 Å². The van der Waals surface area contributed by atoms with E-state index in [1.807, 2.05) is 0 Å². The van der Waals surface area contributed by atoms with E-state index in [4.69, 9.17) is 18.9 Å².